The molecule has 0 radical (unpaired) electrons. The van der Waals surface area contributed by atoms with Crippen molar-refractivity contribution in [2.24, 2.45) is 0 Å². The zero-order valence-electron chi connectivity index (χ0n) is 11.7. The summed E-state index contributed by atoms with van der Waals surface area (Å²) in [5, 5.41) is 8.68. The van der Waals surface area contributed by atoms with Gasteiger partial charge in [0.25, 0.3) is 0 Å². The highest BCUT2D eigenvalue weighted by atomic mass is 32.2. The van der Waals surface area contributed by atoms with Crippen LogP contribution in [0.2, 0.25) is 0 Å². The van der Waals surface area contributed by atoms with Crippen LogP contribution in [-0.4, -0.2) is 66.8 Å². The predicted octanol–water partition coefficient (Wildman–Crippen LogP) is 0.505. The Kier molecular flexibility index (Phi) is 5.58. The van der Waals surface area contributed by atoms with Crippen LogP contribution in [0.5, 0.6) is 0 Å². The molecule has 0 aromatic carbocycles. The van der Waals surface area contributed by atoms with Gasteiger partial charge in [-0.1, -0.05) is 0 Å². The SMILES string of the molecule is CC(C)(C)N1CCN(S(=O)(=O)CCCCO)CC1. The molecular formula is C12H26N2O3S. The van der Waals surface area contributed by atoms with E-state index in [-0.39, 0.29) is 17.9 Å². The molecule has 0 amide bonds. The van der Waals surface area contributed by atoms with E-state index in [4.69, 9.17) is 5.11 Å². The Bertz CT molecular complexity index is 341. The summed E-state index contributed by atoms with van der Waals surface area (Å²) >= 11 is 0. The number of hydrogen-bond acceptors (Lipinski definition) is 4. The van der Waals surface area contributed by atoms with Gasteiger partial charge in [0, 0.05) is 38.3 Å². The van der Waals surface area contributed by atoms with E-state index in [1.807, 2.05) is 0 Å². The third kappa shape index (κ3) is 4.50. The smallest absolute Gasteiger partial charge is 0.214 e. The minimum atomic E-state index is -3.13. The molecule has 1 fully saturated rings. The van der Waals surface area contributed by atoms with E-state index in [0.717, 1.165) is 13.1 Å². The Morgan fingerprint density at radius 1 is 1.06 bits per heavy atom. The van der Waals surface area contributed by atoms with Crippen LogP contribution in [0.15, 0.2) is 0 Å². The highest BCUT2D eigenvalue weighted by molar-refractivity contribution is 7.89. The molecule has 1 aliphatic heterocycles. The Morgan fingerprint density at radius 3 is 2.06 bits per heavy atom. The van der Waals surface area contributed by atoms with E-state index in [1.54, 1.807) is 4.31 Å². The van der Waals surface area contributed by atoms with E-state index in [1.165, 1.54) is 0 Å². The second-order valence-corrected chi connectivity index (χ2v) is 7.89. The van der Waals surface area contributed by atoms with Crippen molar-refractivity contribution in [1.82, 2.24) is 9.21 Å². The molecule has 108 valence electrons. The van der Waals surface area contributed by atoms with E-state index in [9.17, 15) is 8.42 Å². The van der Waals surface area contributed by atoms with Crippen LogP contribution < -0.4 is 0 Å². The topological polar surface area (TPSA) is 60.9 Å². The molecule has 0 aromatic rings. The Morgan fingerprint density at radius 2 is 1.61 bits per heavy atom. The Hall–Kier alpha value is -0.170. The first-order valence-corrected chi connectivity index (χ1v) is 8.22. The van der Waals surface area contributed by atoms with Crippen LogP contribution in [0, 0.1) is 0 Å². The molecule has 0 aromatic heterocycles. The van der Waals surface area contributed by atoms with E-state index >= 15 is 0 Å². The average molecular weight is 278 g/mol. The third-order valence-corrected chi connectivity index (χ3v) is 5.35. The van der Waals surface area contributed by atoms with Gasteiger partial charge < -0.3 is 5.11 Å². The van der Waals surface area contributed by atoms with Gasteiger partial charge in [0.2, 0.25) is 10.0 Å². The summed E-state index contributed by atoms with van der Waals surface area (Å²) in [5.74, 6) is 0.156. The van der Waals surface area contributed by atoms with Crippen molar-refractivity contribution in [3.8, 4) is 0 Å². The molecule has 18 heavy (non-hydrogen) atoms. The molecule has 1 saturated heterocycles. The lowest BCUT2D eigenvalue weighted by molar-refractivity contribution is 0.0921. The first kappa shape index (κ1) is 15.9. The van der Waals surface area contributed by atoms with Gasteiger partial charge in [-0.25, -0.2) is 8.42 Å². The summed E-state index contributed by atoms with van der Waals surface area (Å²) in [4.78, 5) is 2.31. The first-order valence-electron chi connectivity index (χ1n) is 6.61. The number of nitrogens with zero attached hydrogens (tertiary/aromatic N) is 2. The summed E-state index contributed by atoms with van der Waals surface area (Å²) < 4.78 is 25.7. The Balaban J connectivity index is 2.47. The zero-order chi connectivity index (χ0) is 13.8. The zero-order valence-corrected chi connectivity index (χ0v) is 12.5. The van der Waals surface area contributed by atoms with Crippen molar-refractivity contribution in [2.45, 2.75) is 39.2 Å². The summed E-state index contributed by atoms with van der Waals surface area (Å²) in [6, 6.07) is 0. The summed E-state index contributed by atoms with van der Waals surface area (Å²) in [5.41, 5.74) is 0.104. The van der Waals surface area contributed by atoms with Crippen molar-refractivity contribution < 1.29 is 13.5 Å². The highest BCUT2D eigenvalue weighted by Crippen LogP contribution is 2.17. The molecule has 1 heterocycles. The maximum absolute atomic E-state index is 12.0. The minimum absolute atomic E-state index is 0.0628. The maximum atomic E-state index is 12.0. The lowest BCUT2D eigenvalue weighted by Crippen LogP contribution is -2.54. The van der Waals surface area contributed by atoms with Crippen LogP contribution in [0.25, 0.3) is 0 Å². The highest BCUT2D eigenvalue weighted by Gasteiger charge is 2.30. The first-order chi connectivity index (χ1) is 8.27. The number of aliphatic hydroxyl groups excluding tert-OH is 1. The van der Waals surface area contributed by atoms with Gasteiger partial charge >= 0.3 is 0 Å². The number of unbranched alkanes of at least 4 members (excludes halogenated alkanes) is 1. The average Bonchev–Trinajstić information content (AvgIpc) is 2.28. The normalized spacial score (nSPS) is 20.2. The molecule has 0 unspecified atom stereocenters. The molecule has 1 N–H and O–H groups in total. The van der Waals surface area contributed by atoms with Crippen molar-refractivity contribution >= 4 is 10.0 Å². The summed E-state index contributed by atoms with van der Waals surface area (Å²) in [7, 11) is -3.13. The monoisotopic (exact) mass is 278 g/mol. The second kappa shape index (κ2) is 6.32. The van der Waals surface area contributed by atoms with Crippen LogP contribution in [0.4, 0.5) is 0 Å². The van der Waals surface area contributed by atoms with Crippen molar-refractivity contribution in [2.75, 3.05) is 38.5 Å². The van der Waals surface area contributed by atoms with Crippen LogP contribution in [-0.2, 0) is 10.0 Å². The fraction of sp³-hybridized carbons (Fsp3) is 1.00. The van der Waals surface area contributed by atoms with E-state index in [0.29, 0.717) is 25.9 Å². The standard InChI is InChI=1S/C12H26N2O3S/c1-12(2,3)13-6-8-14(9-7-13)18(16,17)11-5-4-10-15/h15H,4-11H2,1-3H3. The van der Waals surface area contributed by atoms with Gasteiger partial charge in [-0.3, -0.25) is 4.90 Å². The molecule has 0 bridgehead atoms. The van der Waals surface area contributed by atoms with E-state index in [2.05, 4.69) is 25.7 Å². The lowest BCUT2D eigenvalue weighted by Gasteiger charge is -2.41. The third-order valence-electron chi connectivity index (χ3n) is 3.39. The van der Waals surface area contributed by atoms with Gasteiger partial charge in [0.15, 0.2) is 0 Å². The van der Waals surface area contributed by atoms with Crippen molar-refractivity contribution in [1.29, 1.82) is 0 Å². The molecule has 1 aliphatic rings. The van der Waals surface area contributed by atoms with Gasteiger partial charge in [-0.05, 0) is 33.6 Å². The molecule has 0 atom stereocenters. The predicted molar refractivity (Wildman–Crippen MR) is 73.0 cm³/mol. The van der Waals surface area contributed by atoms with Gasteiger partial charge in [0.1, 0.15) is 0 Å². The molecule has 0 spiro atoms. The summed E-state index contributed by atoms with van der Waals surface area (Å²) in [6.07, 6.45) is 1.10. The fourth-order valence-corrected chi connectivity index (χ4v) is 3.71. The van der Waals surface area contributed by atoms with Crippen molar-refractivity contribution in [3.63, 3.8) is 0 Å². The number of aliphatic hydroxyl groups is 1. The maximum Gasteiger partial charge on any atom is 0.214 e. The van der Waals surface area contributed by atoms with Crippen LogP contribution in [0.1, 0.15) is 33.6 Å². The molecule has 0 saturated carbocycles. The number of hydrogen-bond donors (Lipinski definition) is 1. The molecule has 5 nitrogen and oxygen atoms in total. The van der Waals surface area contributed by atoms with Gasteiger partial charge in [0.05, 0.1) is 5.75 Å². The molecule has 6 heteroatoms. The second-order valence-electron chi connectivity index (χ2n) is 5.80. The van der Waals surface area contributed by atoms with Crippen LogP contribution >= 0.6 is 0 Å². The Labute approximate surface area is 111 Å². The lowest BCUT2D eigenvalue weighted by atomic mass is 10.1. The molecule has 1 rings (SSSR count). The minimum Gasteiger partial charge on any atom is -0.396 e. The molecular weight excluding hydrogens is 252 g/mol. The summed E-state index contributed by atoms with van der Waals surface area (Å²) in [6.45, 7) is 9.27. The van der Waals surface area contributed by atoms with Crippen LogP contribution in [0.3, 0.4) is 0 Å². The van der Waals surface area contributed by atoms with Gasteiger partial charge in [-0.15, -0.1) is 0 Å². The van der Waals surface area contributed by atoms with Gasteiger partial charge in [-0.2, -0.15) is 4.31 Å². The fourth-order valence-electron chi connectivity index (χ4n) is 2.16. The quantitative estimate of drug-likeness (QED) is 0.744. The van der Waals surface area contributed by atoms with E-state index < -0.39 is 10.0 Å². The number of piperazine rings is 1. The molecule has 0 aliphatic carbocycles. The number of sulfonamides is 1. The van der Waals surface area contributed by atoms with Crippen molar-refractivity contribution in [3.05, 3.63) is 0 Å². The largest absolute Gasteiger partial charge is 0.396 e. The number of rotatable bonds is 5.